The molecule has 0 aliphatic rings. The van der Waals surface area contributed by atoms with Gasteiger partial charge in [0, 0.05) is 0 Å². The number of halogens is 4. The summed E-state index contributed by atoms with van der Waals surface area (Å²) in [7, 11) is 1.23. The fraction of sp³-hybridized carbons (Fsp3) is 0.200. The van der Waals surface area contributed by atoms with Crippen LogP contribution < -0.4 is 4.74 Å². The Kier molecular flexibility index (Phi) is 3.02. The molecule has 1 aromatic rings. The van der Waals surface area contributed by atoms with Gasteiger partial charge < -0.3 is 4.74 Å². The Bertz CT molecular complexity index is 381. The fourth-order valence-corrected chi connectivity index (χ4v) is 1.02. The van der Waals surface area contributed by atoms with Gasteiger partial charge in [-0.15, -0.1) is 0 Å². The molecule has 0 aliphatic carbocycles. The number of methoxy groups -OCH3 is 1. The lowest BCUT2D eigenvalue weighted by Crippen LogP contribution is -2.09. The quantitative estimate of drug-likeness (QED) is 0.694. The van der Waals surface area contributed by atoms with E-state index >= 15 is 0 Å². The molecule has 0 radical (unpaired) electrons. The minimum atomic E-state index is -4.55. The molecule has 0 aliphatic heterocycles. The monoisotopic (exact) mass is 220 g/mol. The predicted molar refractivity (Wildman–Crippen MR) is 48.0 cm³/mol. The Morgan fingerprint density at radius 1 is 1.33 bits per heavy atom. The molecule has 0 aromatic heterocycles. The molecule has 0 bridgehead atoms. The smallest absolute Gasteiger partial charge is 0.416 e. The lowest BCUT2D eigenvalue weighted by molar-refractivity contribution is -0.0686. The molecule has 0 N–H and O–H groups in total. The summed E-state index contributed by atoms with van der Waals surface area (Å²) in [5.41, 5.74) is -1.38. The van der Waals surface area contributed by atoms with Gasteiger partial charge in [-0.25, -0.2) is 4.39 Å². The standard InChI is InChI=1S/C10H8F4O/c1-6(10(12,13)14)7-3-4-9(15-2)8(11)5-7/h3-5H,1H2,2H3. The average Bonchev–Trinajstić information content (AvgIpc) is 2.15. The van der Waals surface area contributed by atoms with Gasteiger partial charge in [0.1, 0.15) is 0 Å². The van der Waals surface area contributed by atoms with Gasteiger partial charge in [0.2, 0.25) is 0 Å². The van der Waals surface area contributed by atoms with Crippen molar-refractivity contribution >= 4 is 5.57 Å². The molecule has 1 nitrogen and oxygen atoms in total. The van der Waals surface area contributed by atoms with Crippen LogP contribution in [-0.4, -0.2) is 13.3 Å². The highest BCUT2D eigenvalue weighted by atomic mass is 19.4. The van der Waals surface area contributed by atoms with E-state index in [4.69, 9.17) is 0 Å². The Hall–Kier alpha value is -1.52. The van der Waals surface area contributed by atoms with E-state index in [9.17, 15) is 17.6 Å². The minimum Gasteiger partial charge on any atom is -0.494 e. The minimum absolute atomic E-state index is 0.103. The van der Waals surface area contributed by atoms with Crippen LogP contribution in [0.4, 0.5) is 17.6 Å². The summed E-state index contributed by atoms with van der Waals surface area (Å²) in [6.07, 6.45) is -4.55. The van der Waals surface area contributed by atoms with E-state index in [1.54, 1.807) is 0 Å². The molecule has 15 heavy (non-hydrogen) atoms. The maximum absolute atomic E-state index is 13.1. The summed E-state index contributed by atoms with van der Waals surface area (Å²) >= 11 is 0. The van der Waals surface area contributed by atoms with Crippen LogP contribution >= 0.6 is 0 Å². The van der Waals surface area contributed by atoms with Crippen LogP contribution in [0.15, 0.2) is 24.8 Å². The topological polar surface area (TPSA) is 9.23 Å². The van der Waals surface area contributed by atoms with Crippen molar-refractivity contribution in [2.75, 3.05) is 7.11 Å². The van der Waals surface area contributed by atoms with Crippen LogP contribution in [0, 0.1) is 5.82 Å². The first-order chi connectivity index (χ1) is 6.86. The predicted octanol–water partition coefficient (Wildman–Crippen LogP) is 3.41. The van der Waals surface area contributed by atoms with Crippen molar-refractivity contribution in [1.82, 2.24) is 0 Å². The highest BCUT2D eigenvalue weighted by Crippen LogP contribution is 2.33. The Morgan fingerprint density at radius 3 is 2.33 bits per heavy atom. The number of allylic oxidation sites excluding steroid dienone is 1. The second-order valence-electron chi connectivity index (χ2n) is 2.83. The average molecular weight is 220 g/mol. The van der Waals surface area contributed by atoms with Crippen LogP contribution in [0.2, 0.25) is 0 Å². The molecule has 0 saturated heterocycles. The number of benzene rings is 1. The number of hydrogen-bond donors (Lipinski definition) is 0. The SMILES string of the molecule is C=C(c1ccc(OC)c(F)c1)C(F)(F)F. The lowest BCUT2D eigenvalue weighted by Gasteiger charge is -2.11. The zero-order chi connectivity index (χ0) is 11.6. The van der Waals surface area contributed by atoms with E-state index < -0.39 is 17.6 Å². The first-order valence-electron chi connectivity index (χ1n) is 3.96. The third-order valence-electron chi connectivity index (χ3n) is 1.84. The highest BCUT2D eigenvalue weighted by Gasteiger charge is 2.33. The van der Waals surface area contributed by atoms with Crippen molar-refractivity contribution in [3.63, 3.8) is 0 Å². The molecule has 0 unspecified atom stereocenters. The molecule has 82 valence electrons. The molecule has 0 amide bonds. The summed E-state index contributed by atoms with van der Waals surface area (Å²) < 4.78 is 54.2. The van der Waals surface area contributed by atoms with Gasteiger partial charge in [-0.05, 0) is 17.7 Å². The summed E-state index contributed by atoms with van der Waals surface area (Å²) in [6.45, 7) is 2.86. The van der Waals surface area contributed by atoms with Gasteiger partial charge in [-0.1, -0.05) is 12.6 Å². The maximum Gasteiger partial charge on any atom is 0.416 e. The third-order valence-corrected chi connectivity index (χ3v) is 1.84. The second kappa shape index (κ2) is 3.92. The van der Waals surface area contributed by atoms with Gasteiger partial charge in [0.15, 0.2) is 11.6 Å². The van der Waals surface area contributed by atoms with Gasteiger partial charge in [-0.2, -0.15) is 13.2 Å². The number of rotatable bonds is 2. The fourth-order valence-electron chi connectivity index (χ4n) is 1.02. The Balaban J connectivity index is 3.08. The molecule has 0 saturated carbocycles. The van der Waals surface area contributed by atoms with Crippen molar-refractivity contribution in [2.45, 2.75) is 6.18 Å². The molecule has 5 heteroatoms. The highest BCUT2D eigenvalue weighted by molar-refractivity contribution is 5.67. The van der Waals surface area contributed by atoms with Crippen LogP contribution in [0.1, 0.15) is 5.56 Å². The first-order valence-corrected chi connectivity index (χ1v) is 3.96. The van der Waals surface area contributed by atoms with Crippen molar-refractivity contribution < 1.29 is 22.3 Å². The number of hydrogen-bond acceptors (Lipinski definition) is 1. The van der Waals surface area contributed by atoms with Crippen LogP contribution in [0.25, 0.3) is 5.57 Å². The molecule has 1 aromatic carbocycles. The van der Waals surface area contributed by atoms with E-state index in [1.165, 1.54) is 7.11 Å². The van der Waals surface area contributed by atoms with E-state index in [0.29, 0.717) is 0 Å². The summed E-state index contributed by atoms with van der Waals surface area (Å²) in [4.78, 5) is 0. The first kappa shape index (κ1) is 11.6. The molecule has 0 heterocycles. The zero-order valence-corrected chi connectivity index (χ0v) is 7.86. The van der Waals surface area contributed by atoms with Crippen molar-refractivity contribution in [1.29, 1.82) is 0 Å². The van der Waals surface area contributed by atoms with Gasteiger partial charge >= 0.3 is 6.18 Å². The largest absolute Gasteiger partial charge is 0.494 e. The van der Waals surface area contributed by atoms with Crippen molar-refractivity contribution in [3.8, 4) is 5.75 Å². The van der Waals surface area contributed by atoms with E-state index in [-0.39, 0.29) is 11.3 Å². The molecule has 0 fully saturated rings. The summed E-state index contributed by atoms with van der Waals surface area (Å²) in [6, 6.07) is 2.98. The third kappa shape index (κ3) is 2.49. The normalized spacial score (nSPS) is 11.3. The van der Waals surface area contributed by atoms with Crippen LogP contribution in [0.3, 0.4) is 0 Å². The Labute approximate surface area is 84.0 Å². The van der Waals surface area contributed by atoms with Crippen LogP contribution in [-0.2, 0) is 0 Å². The molecular formula is C10H8F4O. The van der Waals surface area contributed by atoms with Crippen molar-refractivity contribution in [3.05, 3.63) is 36.2 Å². The lowest BCUT2D eigenvalue weighted by atomic mass is 10.1. The van der Waals surface area contributed by atoms with E-state index in [2.05, 4.69) is 11.3 Å². The van der Waals surface area contributed by atoms with Crippen molar-refractivity contribution in [2.24, 2.45) is 0 Å². The van der Waals surface area contributed by atoms with E-state index in [0.717, 1.165) is 18.2 Å². The van der Waals surface area contributed by atoms with Gasteiger partial charge in [0.05, 0.1) is 12.7 Å². The van der Waals surface area contributed by atoms with Crippen LogP contribution in [0.5, 0.6) is 5.75 Å². The summed E-state index contributed by atoms with van der Waals surface area (Å²) in [5.74, 6) is -0.950. The van der Waals surface area contributed by atoms with Gasteiger partial charge in [-0.3, -0.25) is 0 Å². The molecular weight excluding hydrogens is 212 g/mol. The molecule has 1 rings (SSSR count). The van der Waals surface area contributed by atoms with E-state index in [1.807, 2.05) is 0 Å². The zero-order valence-electron chi connectivity index (χ0n) is 7.86. The second-order valence-corrected chi connectivity index (χ2v) is 2.83. The summed E-state index contributed by atoms with van der Waals surface area (Å²) in [5, 5.41) is 0. The number of ether oxygens (including phenoxy) is 1. The Morgan fingerprint density at radius 2 is 1.93 bits per heavy atom. The molecule has 0 atom stereocenters. The molecule has 0 spiro atoms. The van der Waals surface area contributed by atoms with Gasteiger partial charge in [0.25, 0.3) is 0 Å². The number of alkyl halides is 3. The maximum atomic E-state index is 13.1.